The summed E-state index contributed by atoms with van der Waals surface area (Å²) in [7, 11) is -1.38. The summed E-state index contributed by atoms with van der Waals surface area (Å²) in [5.74, 6) is 0. The van der Waals surface area contributed by atoms with Gasteiger partial charge in [-0.1, -0.05) is 67.3 Å². The Morgan fingerprint density at radius 2 is 1.78 bits per heavy atom. The fraction of sp³-hybridized carbons (Fsp3) is 0.462. The second-order valence-electron chi connectivity index (χ2n) is 8.65. The average molecular weight is 456 g/mol. The van der Waals surface area contributed by atoms with Crippen molar-refractivity contribution in [3.63, 3.8) is 0 Å². The zero-order valence-electron chi connectivity index (χ0n) is 18.6. The molecule has 32 heavy (non-hydrogen) atoms. The largest absolute Gasteiger partial charge is 0.393 e. The number of nitrogens with one attached hydrogen (secondary N) is 1. The van der Waals surface area contributed by atoms with Crippen LogP contribution in [-0.2, 0) is 26.9 Å². The van der Waals surface area contributed by atoms with E-state index in [0.717, 1.165) is 33.8 Å². The van der Waals surface area contributed by atoms with Crippen LogP contribution >= 0.6 is 0 Å². The monoisotopic (exact) mass is 455 g/mol. The van der Waals surface area contributed by atoms with Crippen LogP contribution in [0.25, 0.3) is 0 Å². The lowest BCUT2D eigenvalue weighted by molar-refractivity contribution is -0.189. The maximum Gasteiger partial charge on any atom is 0.178 e. The molecule has 1 saturated carbocycles. The molecule has 2 aromatic rings. The Morgan fingerprint density at radius 3 is 2.47 bits per heavy atom. The van der Waals surface area contributed by atoms with Crippen LogP contribution in [-0.4, -0.2) is 40.4 Å². The number of hydrogen-bond donors (Lipinski definition) is 2. The summed E-state index contributed by atoms with van der Waals surface area (Å²) in [5, 5.41) is 13.6. The summed E-state index contributed by atoms with van der Waals surface area (Å²) in [6, 6.07) is 17.7. The Hall–Kier alpha value is -1.83. The molecule has 1 heterocycles. The molecule has 1 fully saturated rings. The molecule has 0 spiro atoms. The molecular weight excluding hydrogens is 422 g/mol. The Kier molecular flexibility index (Phi) is 8.27. The molecule has 0 bridgehead atoms. The maximum atomic E-state index is 13.7. The van der Waals surface area contributed by atoms with Crippen LogP contribution in [0, 0.1) is 6.92 Å². The third kappa shape index (κ3) is 5.94. The molecule has 4 atom stereocenters. The molecule has 2 aliphatic rings. The van der Waals surface area contributed by atoms with Crippen LogP contribution in [0.3, 0.4) is 0 Å². The summed E-state index contributed by atoms with van der Waals surface area (Å²) in [6.45, 7) is 2.22. The van der Waals surface area contributed by atoms with Gasteiger partial charge in [-0.3, -0.25) is 0 Å². The van der Waals surface area contributed by atoms with E-state index >= 15 is 0 Å². The van der Waals surface area contributed by atoms with Gasteiger partial charge in [0.1, 0.15) is 6.10 Å². The number of ether oxygens (including phenoxy) is 2. The van der Waals surface area contributed by atoms with Crippen LogP contribution in [0.1, 0.15) is 43.2 Å². The van der Waals surface area contributed by atoms with E-state index < -0.39 is 23.2 Å². The summed E-state index contributed by atoms with van der Waals surface area (Å²) >= 11 is 0. The fourth-order valence-corrected chi connectivity index (χ4v) is 5.69. The van der Waals surface area contributed by atoms with Gasteiger partial charge in [0.25, 0.3) is 0 Å². The van der Waals surface area contributed by atoms with Crippen molar-refractivity contribution in [1.29, 1.82) is 0 Å². The second kappa shape index (κ2) is 11.3. The fourth-order valence-electron chi connectivity index (χ4n) is 4.35. The van der Waals surface area contributed by atoms with Gasteiger partial charge in [-0.05, 0) is 43.5 Å². The number of aliphatic hydroxyl groups is 1. The number of benzene rings is 2. The first-order chi connectivity index (χ1) is 15.6. The Labute approximate surface area is 193 Å². The molecule has 1 aliphatic heterocycles. The highest BCUT2D eigenvalue weighted by atomic mass is 32.2. The molecule has 0 radical (unpaired) electrons. The summed E-state index contributed by atoms with van der Waals surface area (Å²) in [6.07, 6.45) is 6.47. The zero-order valence-corrected chi connectivity index (χ0v) is 19.4. The van der Waals surface area contributed by atoms with Gasteiger partial charge in [0.15, 0.2) is 6.29 Å². The molecular formula is C26H33NO4S. The third-order valence-corrected chi connectivity index (χ3v) is 7.66. The van der Waals surface area contributed by atoms with Gasteiger partial charge in [-0.15, -0.1) is 0 Å². The minimum Gasteiger partial charge on any atom is -0.393 e. The number of aryl methyl sites for hydroxylation is 1. The van der Waals surface area contributed by atoms with E-state index in [0.29, 0.717) is 12.6 Å². The predicted octanol–water partition coefficient (Wildman–Crippen LogP) is 4.21. The molecule has 4 rings (SSSR count). The Balaban J connectivity index is 1.60. The van der Waals surface area contributed by atoms with E-state index in [4.69, 9.17) is 9.47 Å². The van der Waals surface area contributed by atoms with Crippen LogP contribution in [0.4, 0.5) is 0 Å². The van der Waals surface area contributed by atoms with Crippen molar-refractivity contribution in [1.82, 2.24) is 5.32 Å². The van der Waals surface area contributed by atoms with Crippen molar-refractivity contribution >= 4 is 10.8 Å². The van der Waals surface area contributed by atoms with Crippen molar-refractivity contribution < 1.29 is 18.8 Å². The molecule has 0 amide bonds. The first kappa shape index (κ1) is 23.3. The molecule has 6 heteroatoms. The van der Waals surface area contributed by atoms with Gasteiger partial charge in [0, 0.05) is 15.8 Å². The van der Waals surface area contributed by atoms with Crippen LogP contribution < -0.4 is 5.32 Å². The first-order valence-electron chi connectivity index (χ1n) is 11.5. The molecule has 1 unspecified atom stereocenters. The van der Waals surface area contributed by atoms with E-state index in [1.54, 1.807) is 0 Å². The van der Waals surface area contributed by atoms with E-state index in [-0.39, 0.29) is 12.6 Å². The standard InChI is InChI=1S/C26H33NO4S/c1-19-12-14-23(15-13-19)32(29)24-16-22(17-28)31-26(30-18-20-8-4-2-5-9-20)25(24)27-21-10-6-3-7-11-21/h2,4-5,8-9,12-16,21-22,25-28H,3,6-7,10-11,17-18H2,1H3/t22-,25-,26-,32?/m0/s1. The van der Waals surface area contributed by atoms with Gasteiger partial charge in [0.05, 0.1) is 30.1 Å². The van der Waals surface area contributed by atoms with Crippen molar-refractivity contribution in [2.24, 2.45) is 0 Å². The summed E-state index contributed by atoms with van der Waals surface area (Å²) in [4.78, 5) is 1.47. The third-order valence-electron chi connectivity index (χ3n) is 6.14. The van der Waals surface area contributed by atoms with E-state index in [9.17, 15) is 9.32 Å². The number of rotatable bonds is 8. The zero-order chi connectivity index (χ0) is 22.3. The molecule has 0 aromatic heterocycles. The van der Waals surface area contributed by atoms with Gasteiger partial charge < -0.3 is 19.9 Å². The SMILES string of the molecule is Cc1ccc(S(=O)C2=C[C@@H](CO)O[C@H](OCc3ccccc3)[C@H]2NC2CCCCC2)cc1. The van der Waals surface area contributed by atoms with Gasteiger partial charge >= 0.3 is 0 Å². The highest BCUT2D eigenvalue weighted by Gasteiger charge is 2.38. The topological polar surface area (TPSA) is 67.8 Å². The van der Waals surface area contributed by atoms with E-state index in [1.807, 2.05) is 67.6 Å². The minimum absolute atomic E-state index is 0.185. The summed E-state index contributed by atoms with van der Waals surface area (Å²) in [5.41, 5.74) is 2.17. The maximum absolute atomic E-state index is 13.7. The minimum atomic E-state index is -1.38. The average Bonchev–Trinajstić information content (AvgIpc) is 2.84. The predicted molar refractivity (Wildman–Crippen MR) is 126 cm³/mol. The lowest BCUT2D eigenvalue weighted by Gasteiger charge is -2.38. The molecule has 2 aromatic carbocycles. The van der Waals surface area contributed by atoms with Gasteiger partial charge in [0.2, 0.25) is 0 Å². The Morgan fingerprint density at radius 1 is 1.06 bits per heavy atom. The Bertz CT molecular complexity index is 909. The van der Waals surface area contributed by atoms with Crippen molar-refractivity contribution in [2.75, 3.05) is 6.61 Å². The van der Waals surface area contributed by atoms with Crippen LogP contribution in [0.15, 0.2) is 70.5 Å². The van der Waals surface area contributed by atoms with Crippen LogP contribution in [0.2, 0.25) is 0 Å². The summed E-state index contributed by atoms with van der Waals surface area (Å²) < 4.78 is 26.0. The molecule has 1 aliphatic carbocycles. The van der Waals surface area contributed by atoms with Crippen LogP contribution in [0.5, 0.6) is 0 Å². The highest BCUT2D eigenvalue weighted by Crippen LogP contribution is 2.30. The van der Waals surface area contributed by atoms with Crippen molar-refractivity contribution in [2.45, 2.75) is 75.0 Å². The van der Waals surface area contributed by atoms with Gasteiger partial charge in [-0.2, -0.15) is 0 Å². The van der Waals surface area contributed by atoms with E-state index in [1.165, 1.54) is 19.3 Å². The molecule has 172 valence electrons. The van der Waals surface area contributed by atoms with Crippen molar-refractivity contribution in [3.8, 4) is 0 Å². The number of aliphatic hydroxyl groups excluding tert-OH is 1. The molecule has 5 nitrogen and oxygen atoms in total. The lowest BCUT2D eigenvalue weighted by Crippen LogP contribution is -2.53. The molecule has 0 saturated heterocycles. The normalized spacial score (nSPS) is 25.3. The smallest absolute Gasteiger partial charge is 0.178 e. The number of hydrogen-bond acceptors (Lipinski definition) is 5. The first-order valence-corrected chi connectivity index (χ1v) is 12.7. The lowest BCUT2D eigenvalue weighted by atomic mass is 9.94. The van der Waals surface area contributed by atoms with E-state index in [2.05, 4.69) is 5.32 Å². The van der Waals surface area contributed by atoms with Crippen molar-refractivity contribution in [3.05, 3.63) is 76.7 Å². The second-order valence-corrected chi connectivity index (χ2v) is 10.1. The van der Waals surface area contributed by atoms with Gasteiger partial charge in [-0.25, -0.2) is 4.21 Å². The quantitative estimate of drug-likeness (QED) is 0.624. The molecule has 2 N–H and O–H groups in total. The highest BCUT2D eigenvalue weighted by molar-refractivity contribution is 7.89.